The maximum absolute atomic E-state index is 14.0. The van der Waals surface area contributed by atoms with E-state index in [0.717, 1.165) is 17.2 Å². The second-order valence-corrected chi connectivity index (χ2v) is 10.5. The van der Waals surface area contributed by atoms with Crippen molar-refractivity contribution in [2.24, 2.45) is 5.73 Å². The van der Waals surface area contributed by atoms with E-state index in [1.54, 1.807) is 30.3 Å². The van der Waals surface area contributed by atoms with Crippen molar-refractivity contribution in [1.29, 1.82) is 0 Å². The lowest BCUT2D eigenvalue weighted by Gasteiger charge is -2.36. The van der Waals surface area contributed by atoms with Gasteiger partial charge < -0.3 is 21.3 Å². The summed E-state index contributed by atoms with van der Waals surface area (Å²) < 4.78 is 14.0. The first-order chi connectivity index (χ1) is 19.7. The lowest BCUT2D eigenvalue weighted by atomic mass is 9.92. The van der Waals surface area contributed by atoms with Crippen LogP contribution in [0.1, 0.15) is 40.7 Å². The average molecular weight is 599 g/mol. The first-order valence-electron chi connectivity index (χ1n) is 13.1. The molecule has 0 saturated heterocycles. The number of fused-ring (bicyclic) bond motifs is 1. The van der Waals surface area contributed by atoms with E-state index in [4.69, 9.17) is 28.9 Å². The smallest absolute Gasteiger partial charge is 0.247 e. The van der Waals surface area contributed by atoms with Crippen LogP contribution in [0.25, 0.3) is 0 Å². The van der Waals surface area contributed by atoms with Crippen molar-refractivity contribution in [2.45, 2.75) is 44.3 Å². The fourth-order valence-electron chi connectivity index (χ4n) is 4.71. The van der Waals surface area contributed by atoms with E-state index in [0.29, 0.717) is 5.56 Å². The standard InChI is InChI=1S/C30H29Cl2FN4O4/c31-22-15-21(16-23(33)28(22)32)35-29(40)24(12-13-34)36-30(41)25-14-19-8-4-5-9-20(19)17-37(25)27(39)11-10-26(38)18-6-2-1-3-7-18/h1-9,15-16,24-25H,10-14,17,34H2,(H,35,40)(H,36,41)/t24-,25-/m0/s1. The molecule has 0 aliphatic carbocycles. The first kappa shape index (κ1) is 30.2. The van der Waals surface area contributed by atoms with Gasteiger partial charge in [0.1, 0.15) is 17.9 Å². The van der Waals surface area contributed by atoms with Crippen LogP contribution in [0.2, 0.25) is 10.0 Å². The molecule has 4 N–H and O–H groups in total. The summed E-state index contributed by atoms with van der Waals surface area (Å²) in [6.07, 6.45) is 0.239. The predicted molar refractivity (Wildman–Crippen MR) is 155 cm³/mol. The number of amides is 3. The molecule has 0 aromatic heterocycles. The molecule has 41 heavy (non-hydrogen) atoms. The van der Waals surface area contributed by atoms with Crippen LogP contribution < -0.4 is 16.4 Å². The van der Waals surface area contributed by atoms with Gasteiger partial charge >= 0.3 is 0 Å². The minimum Gasteiger partial charge on any atom is -0.342 e. The normalized spacial score (nSPS) is 15.0. The fraction of sp³-hybridized carbons (Fsp3) is 0.267. The molecular formula is C30H29Cl2FN4O4. The summed E-state index contributed by atoms with van der Waals surface area (Å²) >= 11 is 11.7. The number of nitrogens with two attached hydrogens (primary N) is 1. The quantitative estimate of drug-likeness (QED) is 0.234. The van der Waals surface area contributed by atoms with Crippen LogP contribution in [0.15, 0.2) is 66.7 Å². The second kappa shape index (κ2) is 13.7. The Morgan fingerprint density at radius 2 is 1.66 bits per heavy atom. The van der Waals surface area contributed by atoms with Crippen molar-refractivity contribution >= 4 is 52.4 Å². The largest absolute Gasteiger partial charge is 0.342 e. The number of nitrogens with zero attached hydrogens (tertiary/aromatic N) is 1. The molecule has 0 unspecified atom stereocenters. The highest BCUT2D eigenvalue weighted by Crippen LogP contribution is 2.29. The second-order valence-electron chi connectivity index (χ2n) is 9.68. The van der Waals surface area contributed by atoms with Crippen molar-refractivity contribution < 1.29 is 23.6 Å². The summed E-state index contributed by atoms with van der Waals surface area (Å²) in [7, 11) is 0. The molecule has 8 nitrogen and oxygen atoms in total. The van der Waals surface area contributed by atoms with Gasteiger partial charge in [-0.15, -0.1) is 0 Å². The van der Waals surface area contributed by atoms with Gasteiger partial charge in [0.15, 0.2) is 5.78 Å². The third kappa shape index (κ3) is 7.49. The summed E-state index contributed by atoms with van der Waals surface area (Å²) in [5, 5.41) is 4.89. The van der Waals surface area contributed by atoms with Crippen LogP contribution in [-0.2, 0) is 27.3 Å². The number of halogens is 3. The molecule has 4 rings (SSSR count). The molecule has 3 amide bonds. The highest BCUT2D eigenvalue weighted by Gasteiger charge is 2.36. The van der Waals surface area contributed by atoms with Crippen molar-refractivity contribution in [1.82, 2.24) is 10.2 Å². The minimum atomic E-state index is -1.07. The number of benzene rings is 3. The maximum Gasteiger partial charge on any atom is 0.247 e. The molecule has 1 aliphatic rings. The van der Waals surface area contributed by atoms with E-state index in [2.05, 4.69) is 10.6 Å². The Bertz CT molecular complexity index is 1430. The number of carbonyl (C=O) groups is 4. The zero-order valence-corrected chi connectivity index (χ0v) is 23.6. The van der Waals surface area contributed by atoms with E-state index in [1.165, 1.54) is 11.0 Å². The van der Waals surface area contributed by atoms with Gasteiger partial charge in [-0.25, -0.2) is 4.39 Å². The van der Waals surface area contributed by atoms with Gasteiger partial charge in [0.25, 0.3) is 0 Å². The Hall–Kier alpha value is -3.79. The molecule has 214 valence electrons. The Labute approximate surface area is 247 Å². The van der Waals surface area contributed by atoms with E-state index >= 15 is 0 Å². The van der Waals surface area contributed by atoms with Crippen LogP contribution in [0.5, 0.6) is 0 Å². The van der Waals surface area contributed by atoms with Crippen LogP contribution in [0.3, 0.4) is 0 Å². The van der Waals surface area contributed by atoms with Crippen LogP contribution in [0, 0.1) is 5.82 Å². The molecule has 0 radical (unpaired) electrons. The van der Waals surface area contributed by atoms with Gasteiger partial charge in [-0.2, -0.15) is 0 Å². The van der Waals surface area contributed by atoms with Gasteiger partial charge in [-0.1, -0.05) is 77.8 Å². The molecule has 0 saturated carbocycles. The first-order valence-corrected chi connectivity index (χ1v) is 13.8. The monoisotopic (exact) mass is 598 g/mol. The Kier molecular flexibility index (Phi) is 10.1. The van der Waals surface area contributed by atoms with E-state index < -0.39 is 29.7 Å². The number of Topliss-reactive ketones (excluding diaryl/α,β-unsaturated/α-hetero) is 1. The lowest BCUT2D eigenvalue weighted by molar-refractivity contribution is -0.142. The number of hydrogen-bond acceptors (Lipinski definition) is 5. The van der Waals surface area contributed by atoms with Crippen molar-refractivity contribution in [2.75, 3.05) is 11.9 Å². The maximum atomic E-state index is 14.0. The number of carbonyl (C=O) groups excluding carboxylic acids is 4. The summed E-state index contributed by atoms with van der Waals surface area (Å²) in [5.74, 6) is -2.51. The molecular weight excluding hydrogens is 570 g/mol. The molecule has 2 atom stereocenters. The average Bonchev–Trinajstić information content (AvgIpc) is 2.97. The van der Waals surface area contributed by atoms with Gasteiger partial charge in [0.2, 0.25) is 17.7 Å². The van der Waals surface area contributed by atoms with Crippen molar-refractivity contribution in [3.05, 3.63) is 99.3 Å². The molecule has 3 aromatic rings. The van der Waals surface area contributed by atoms with Gasteiger partial charge in [-0.05, 0) is 36.2 Å². The number of hydrogen-bond donors (Lipinski definition) is 3. The van der Waals surface area contributed by atoms with E-state index in [1.807, 2.05) is 24.3 Å². The molecule has 1 heterocycles. The number of rotatable bonds is 10. The van der Waals surface area contributed by atoms with Gasteiger partial charge in [-0.3, -0.25) is 19.2 Å². The Morgan fingerprint density at radius 1 is 0.976 bits per heavy atom. The zero-order chi connectivity index (χ0) is 29.5. The minimum absolute atomic E-state index is 0.00620. The van der Waals surface area contributed by atoms with E-state index in [-0.39, 0.29) is 66.2 Å². The molecule has 11 heteroatoms. The molecule has 0 bridgehead atoms. The summed E-state index contributed by atoms with van der Waals surface area (Å²) in [6, 6.07) is 16.5. The Balaban J connectivity index is 1.49. The van der Waals surface area contributed by atoms with Crippen molar-refractivity contribution in [3.8, 4) is 0 Å². The number of nitrogens with one attached hydrogen (secondary N) is 2. The van der Waals surface area contributed by atoms with Gasteiger partial charge in [0, 0.05) is 37.1 Å². The topological polar surface area (TPSA) is 122 Å². The molecule has 1 aliphatic heterocycles. The van der Waals surface area contributed by atoms with Crippen LogP contribution in [0.4, 0.5) is 10.1 Å². The van der Waals surface area contributed by atoms with Crippen LogP contribution in [-0.4, -0.2) is 47.0 Å². The SMILES string of the molecule is NCC[C@H](NC(=O)[C@@H]1Cc2ccccc2CN1C(=O)CCC(=O)c1ccccc1)C(=O)Nc1cc(F)c(Cl)c(Cl)c1. The zero-order valence-electron chi connectivity index (χ0n) is 22.0. The van der Waals surface area contributed by atoms with Crippen LogP contribution >= 0.6 is 23.2 Å². The molecule has 0 fully saturated rings. The van der Waals surface area contributed by atoms with E-state index in [9.17, 15) is 23.6 Å². The summed E-state index contributed by atoms with van der Waals surface area (Å²) in [5.41, 5.74) is 8.09. The number of ketones is 1. The predicted octanol–water partition coefficient (Wildman–Crippen LogP) is 4.52. The highest BCUT2D eigenvalue weighted by atomic mass is 35.5. The fourth-order valence-corrected chi connectivity index (χ4v) is 5.03. The highest BCUT2D eigenvalue weighted by molar-refractivity contribution is 6.42. The molecule has 3 aromatic carbocycles. The number of anilines is 1. The summed E-state index contributed by atoms with van der Waals surface area (Å²) in [6.45, 7) is 0.259. The lowest BCUT2D eigenvalue weighted by Crippen LogP contribution is -2.56. The van der Waals surface area contributed by atoms with Crippen molar-refractivity contribution in [3.63, 3.8) is 0 Å². The van der Waals surface area contributed by atoms with Gasteiger partial charge in [0.05, 0.1) is 10.0 Å². The molecule has 0 spiro atoms. The Morgan fingerprint density at radius 3 is 2.34 bits per heavy atom. The third-order valence-corrected chi connectivity index (χ3v) is 7.65. The third-order valence-electron chi connectivity index (χ3n) is 6.87. The summed E-state index contributed by atoms with van der Waals surface area (Å²) in [4.78, 5) is 54.1.